The number of aliphatic hydroxyl groups is 2. The molecule has 1 heterocycles. The maximum atomic E-state index is 10.5. The quantitative estimate of drug-likeness (QED) is 0.904. The second kappa shape index (κ2) is 5.56. The van der Waals surface area contributed by atoms with Crippen LogP contribution in [0, 0.1) is 5.92 Å². The lowest BCUT2D eigenvalue weighted by atomic mass is 9.61. The van der Waals surface area contributed by atoms with E-state index in [1.165, 1.54) is 30.4 Å². The first kappa shape index (κ1) is 14.0. The van der Waals surface area contributed by atoms with Crippen LogP contribution >= 0.6 is 0 Å². The van der Waals surface area contributed by atoms with Crippen molar-refractivity contribution in [2.45, 2.75) is 43.6 Å². The molecule has 1 fully saturated rings. The van der Waals surface area contributed by atoms with Gasteiger partial charge in [-0.25, -0.2) is 0 Å². The average molecular weight is 298 g/mol. The third-order valence-electron chi connectivity index (χ3n) is 5.61. The number of hydrogen-bond donors (Lipinski definition) is 2. The van der Waals surface area contributed by atoms with Crippen molar-refractivity contribution in [1.29, 1.82) is 0 Å². The van der Waals surface area contributed by atoms with Crippen LogP contribution in [0.4, 0.5) is 0 Å². The molecule has 2 N–H and O–H groups in total. The molecule has 2 aromatic rings. The molecule has 2 bridgehead atoms. The predicted octanol–water partition coefficient (Wildman–Crippen LogP) is 3.72. The fourth-order valence-electron chi connectivity index (χ4n) is 4.52. The SMILES string of the molecule is OCC[C@@H]1C[C@H]2CC[C@@H]1c1ccc(C(O)c3ccoc3)cc12. The van der Waals surface area contributed by atoms with Gasteiger partial charge in [-0.1, -0.05) is 18.2 Å². The van der Waals surface area contributed by atoms with E-state index in [2.05, 4.69) is 12.1 Å². The van der Waals surface area contributed by atoms with E-state index in [4.69, 9.17) is 4.42 Å². The number of aliphatic hydroxyl groups excluding tert-OH is 2. The highest BCUT2D eigenvalue weighted by molar-refractivity contribution is 5.43. The molecule has 0 saturated heterocycles. The van der Waals surface area contributed by atoms with Crippen LogP contribution in [0.15, 0.2) is 41.2 Å². The van der Waals surface area contributed by atoms with Crippen LogP contribution in [0.3, 0.4) is 0 Å². The highest BCUT2D eigenvalue weighted by Crippen LogP contribution is 2.53. The van der Waals surface area contributed by atoms with Crippen molar-refractivity contribution in [2.24, 2.45) is 5.92 Å². The molecule has 1 unspecified atom stereocenters. The molecule has 3 nitrogen and oxygen atoms in total. The fraction of sp³-hybridized carbons (Fsp3) is 0.474. The minimum Gasteiger partial charge on any atom is -0.472 e. The van der Waals surface area contributed by atoms with Crippen LogP contribution in [0.2, 0.25) is 0 Å². The van der Waals surface area contributed by atoms with Gasteiger partial charge in [0.25, 0.3) is 0 Å². The van der Waals surface area contributed by atoms with Crippen molar-refractivity contribution in [2.75, 3.05) is 6.61 Å². The largest absolute Gasteiger partial charge is 0.472 e. The zero-order chi connectivity index (χ0) is 15.1. The molecule has 0 spiro atoms. The number of benzene rings is 1. The lowest BCUT2D eigenvalue weighted by Gasteiger charge is -2.44. The molecule has 22 heavy (non-hydrogen) atoms. The van der Waals surface area contributed by atoms with E-state index in [0.717, 1.165) is 17.5 Å². The first-order chi connectivity index (χ1) is 10.8. The predicted molar refractivity (Wildman–Crippen MR) is 83.7 cm³/mol. The average Bonchev–Trinajstić information content (AvgIpc) is 3.09. The molecule has 0 aliphatic heterocycles. The van der Waals surface area contributed by atoms with E-state index in [1.54, 1.807) is 12.5 Å². The van der Waals surface area contributed by atoms with Gasteiger partial charge in [0.15, 0.2) is 0 Å². The van der Waals surface area contributed by atoms with Crippen LogP contribution < -0.4 is 0 Å². The molecule has 4 atom stereocenters. The van der Waals surface area contributed by atoms with E-state index < -0.39 is 6.10 Å². The van der Waals surface area contributed by atoms with Crippen molar-refractivity contribution >= 4 is 0 Å². The van der Waals surface area contributed by atoms with Crippen molar-refractivity contribution in [3.63, 3.8) is 0 Å². The molecule has 0 amide bonds. The van der Waals surface area contributed by atoms with Crippen LogP contribution in [0.5, 0.6) is 0 Å². The molecular formula is C19H22O3. The zero-order valence-electron chi connectivity index (χ0n) is 12.6. The van der Waals surface area contributed by atoms with Gasteiger partial charge in [-0.05, 0) is 66.2 Å². The summed E-state index contributed by atoms with van der Waals surface area (Å²) in [6.45, 7) is 0.292. The molecule has 3 aliphatic carbocycles. The second-order valence-corrected chi connectivity index (χ2v) is 6.74. The summed E-state index contributed by atoms with van der Waals surface area (Å²) >= 11 is 0. The Morgan fingerprint density at radius 3 is 2.82 bits per heavy atom. The highest BCUT2D eigenvalue weighted by atomic mass is 16.3. The number of fused-ring (bicyclic) bond motifs is 2. The van der Waals surface area contributed by atoms with Crippen LogP contribution in [0.1, 0.15) is 65.9 Å². The summed E-state index contributed by atoms with van der Waals surface area (Å²) < 4.78 is 5.08. The molecule has 0 radical (unpaired) electrons. The molecule has 1 saturated carbocycles. The highest BCUT2D eigenvalue weighted by Gasteiger charge is 2.39. The first-order valence-corrected chi connectivity index (χ1v) is 8.22. The zero-order valence-corrected chi connectivity index (χ0v) is 12.6. The van der Waals surface area contributed by atoms with Crippen LogP contribution in [0.25, 0.3) is 0 Å². The Kier molecular flexibility index (Phi) is 3.55. The minimum absolute atomic E-state index is 0.292. The van der Waals surface area contributed by atoms with Crippen molar-refractivity contribution in [3.05, 3.63) is 59.0 Å². The van der Waals surface area contributed by atoms with Crippen molar-refractivity contribution < 1.29 is 14.6 Å². The smallest absolute Gasteiger partial charge is 0.107 e. The van der Waals surface area contributed by atoms with Gasteiger partial charge in [-0.3, -0.25) is 0 Å². The van der Waals surface area contributed by atoms with Gasteiger partial charge >= 0.3 is 0 Å². The van der Waals surface area contributed by atoms with Gasteiger partial charge < -0.3 is 14.6 Å². The Morgan fingerprint density at radius 2 is 2.05 bits per heavy atom. The van der Waals surface area contributed by atoms with Gasteiger partial charge in [0, 0.05) is 12.2 Å². The van der Waals surface area contributed by atoms with E-state index in [0.29, 0.717) is 24.4 Å². The molecule has 1 aromatic heterocycles. The third-order valence-corrected chi connectivity index (χ3v) is 5.61. The van der Waals surface area contributed by atoms with Gasteiger partial charge in [0.1, 0.15) is 6.10 Å². The van der Waals surface area contributed by atoms with E-state index >= 15 is 0 Å². The Bertz CT molecular complexity index is 647. The lowest BCUT2D eigenvalue weighted by molar-refractivity contribution is 0.185. The maximum absolute atomic E-state index is 10.5. The number of hydrogen-bond acceptors (Lipinski definition) is 3. The third kappa shape index (κ3) is 2.20. The van der Waals surface area contributed by atoms with E-state index in [-0.39, 0.29) is 0 Å². The first-order valence-electron chi connectivity index (χ1n) is 8.22. The summed E-state index contributed by atoms with van der Waals surface area (Å²) in [5, 5.41) is 19.8. The summed E-state index contributed by atoms with van der Waals surface area (Å²) in [6.07, 6.45) is 7.17. The summed E-state index contributed by atoms with van der Waals surface area (Å²) in [5.41, 5.74) is 4.63. The van der Waals surface area contributed by atoms with Crippen LogP contribution in [-0.4, -0.2) is 16.8 Å². The maximum Gasteiger partial charge on any atom is 0.107 e. The standard InChI is InChI=1S/C19H22O3/c20-7-5-13-9-12-1-3-16(13)17-4-2-14(10-18(12)17)19(21)15-6-8-22-11-15/h2,4,6,8,10-13,16,19-21H,1,3,5,7,9H2/t12-,13-,16+,19?/m1/s1. The van der Waals surface area contributed by atoms with Gasteiger partial charge in [0.2, 0.25) is 0 Å². The summed E-state index contributed by atoms with van der Waals surface area (Å²) in [4.78, 5) is 0. The normalized spacial score (nSPS) is 27.6. The van der Waals surface area contributed by atoms with Crippen molar-refractivity contribution in [3.8, 4) is 0 Å². The Hall–Kier alpha value is -1.58. The Labute approximate surface area is 130 Å². The Balaban J connectivity index is 1.67. The fourth-order valence-corrected chi connectivity index (χ4v) is 4.52. The molecular weight excluding hydrogens is 276 g/mol. The second-order valence-electron chi connectivity index (χ2n) is 6.74. The van der Waals surface area contributed by atoms with E-state index in [1.807, 2.05) is 12.1 Å². The van der Waals surface area contributed by atoms with Crippen molar-refractivity contribution in [1.82, 2.24) is 0 Å². The van der Waals surface area contributed by atoms with Gasteiger partial charge in [0.05, 0.1) is 12.5 Å². The molecule has 3 heteroatoms. The molecule has 116 valence electrons. The minimum atomic E-state index is -0.613. The summed E-state index contributed by atoms with van der Waals surface area (Å²) in [6, 6.07) is 8.26. The summed E-state index contributed by atoms with van der Waals surface area (Å²) in [7, 11) is 0. The molecule has 3 aliphatic rings. The van der Waals surface area contributed by atoms with Crippen LogP contribution in [-0.2, 0) is 0 Å². The topological polar surface area (TPSA) is 53.6 Å². The van der Waals surface area contributed by atoms with E-state index in [9.17, 15) is 10.2 Å². The molecule has 5 rings (SSSR count). The molecule has 1 aromatic carbocycles. The lowest BCUT2D eigenvalue weighted by Crippen LogP contribution is -2.30. The summed E-state index contributed by atoms with van der Waals surface area (Å²) in [5.74, 6) is 1.81. The van der Waals surface area contributed by atoms with Gasteiger partial charge in [-0.15, -0.1) is 0 Å². The Morgan fingerprint density at radius 1 is 1.14 bits per heavy atom. The van der Waals surface area contributed by atoms with Gasteiger partial charge in [-0.2, -0.15) is 0 Å². The number of rotatable bonds is 4. The number of furan rings is 1. The monoisotopic (exact) mass is 298 g/mol.